The highest BCUT2D eigenvalue weighted by atomic mass is 31.2. The molecule has 31 heavy (non-hydrogen) atoms. The molecule has 0 aromatic carbocycles. The summed E-state index contributed by atoms with van der Waals surface area (Å²) >= 11 is 0. The number of hydrogen-bond acceptors (Lipinski definition) is 9. The van der Waals surface area contributed by atoms with Crippen molar-refractivity contribution < 1.29 is 37.5 Å². The molecule has 0 N–H and O–H groups in total. The maximum absolute atomic E-state index is 12.6. The average Bonchev–Trinajstić information content (AvgIpc) is 3.15. The first kappa shape index (κ1) is 26.6. The van der Waals surface area contributed by atoms with Gasteiger partial charge < -0.3 is 32.9 Å². The van der Waals surface area contributed by atoms with Crippen LogP contribution in [0.5, 0.6) is 0 Å². The molecule has 0 aromatic heterocycles. The highest BCUT2D eigenvalue weighted by Crippen LogP contribution is 2.47. The van der Waals surface area contributed by atoms with Crippen molar-refractivity contribution in [3.63, 3.8) is 0 Å². The minimum atomic E-state index is -4.81. The van der Waals surface area contributed by atoms with Crippen LogP contribution in [0.4, 0.5) is 0 Å². The summed E-state index contributed by atoms with van der Waals surface area (Å²) in [6.07, 6.45) is -1.93. The van der Waals surface area contributed by atoms with Gasteiger partial charge in [0.25, 0.3) is 7.82 Å². The standard InChI is InChI=1S/C17H30B2N3O8P/c1-10(2)25-9-17(8-21-22-20)14(6-16(19)29-17)30-31(23,24)26-7-13-12(27-11(3)4)5-15(18)28-13/h10-16H,5-9H2,1-4H3,(H,23,24)/p-1/t12?,13-,14?,15-,16-,17-/m1/s1. The molecule has 0 saturated carbocycles. The third kappa shape index (κ3) is 8.03. The minimum Gasteiger partial charge on any atom is -0.756 e. The molecule has 2 fully saturated rings. The summed E-state index contributed by atoms with van der Waals surface area (Å²) in [7, 11) is 6.86. The molecule has 2 aliphatic heterocycles. The number of phosphoric ester groups is 1. The number of ether oxygens (including phenoxy) is 4. The fraction of sp³-hybridized carbons (Fsp3) is 1.00. The molecular weight excluding hydrogens is 427 g/mol. The second kappa shape index (κ2) is 11.5. The molecule has 0 bridgehead atoms. The van der Waals surface area contributed by atoms with Gasteiger partial charge in [-0.3, -0.25) is 4.57 Å². The predicted molar refractivity (Wildman–Crippen MR) is 111 cm³/mol. The van der Waals surface area contributed by atoms with E-state index in [9.17, 15) is 9.46 Å². The van der Waals surface area contributed by atoms with Gasteiger partial charge in [0.15, 0.2) is 0 Å². The van der Waals surface area contributed by atoms with Crippen molar-refractivity contribution in [1.82, 2.24) is 0 Å². The molecule has 11 nitrogen and oxygen atoms in total. The molecule has 3 unspecified atom stereocenters. The van der Waals surface area contributed by atoms with E-state index in [2.05, 4.69) is 10.0 Å². The first-order valence-corrected chi connectivity index (χ1v) is 11.7. The largest absolute Gasteiger partial charge is 0.756 e. The van der Waals surface area contributed by atoms with Crippen LogP contribution in [-0.2, 0) is 32.6 Å². The Kier molecular flexibility index (Phi) is 9.88. The lowest BCUT2D eigenvalue weighted by Gasteiger charge is -2.37. The monoisotopic (exact) mass is 456 g/mol. The van der Waals surface area contributed by atoms with Crippen molar-refractivity contribution in [3.8, 4) is 0 Å². The second-order valence-electron chi connectivity index (χ2n) is 8.21. The second-order valence-corrected chi connectivity index (χ2v) is 9.58. The molecule has 2 heterocycles. The highest BCUT2D eigenvalue weighted by Gasteiger charge is 2.49. The molecule has 4 radical (unpaired) electrons. The molecule has 0 aliphatic carbocycles. The van der Waals surface area contributed by atoms with Gasteiger partial charge in [-0.2, -0.15) is 0 Å². The van der Waals surface area contributed by atoms with E-state index in [1.807, 2.05) is 13.8 Å². The zero-order valence-corrected chi connectivity index (χ0v) is 19.2. The third-order valence-electron chi connectivity index (χ3n) is 4.81. The van der Waals surface area contributed by atoms with Crippen molar-refractivity contribution in [2.75, 3.05) is 19.8 Å². The fourth-order valence-corrected chi connectivity index (χ4v) is 4.48. The lowest BCUT2D eigenvalue weighted by atomic mass is 9.92. The van der Waals surface area contributed by atoms with Crippen molar-refractivity contribution in [3.05, 3.63) is 10.4 Å². The SMILES string of the molecule is [B][C@H]1CC(OC(C)C)[C@@H](COP(=O)([O-])OC2C[C@H]([B])O[C@]2(CN=[N+]=[N-])COC(C)C)O1. The Hall–Kier alpha value is -0.610. The van der Waals surface area contributed by atoms with E-state index in [1.54, 1.807) is 13.8 Å². The minimum absolute atomic E-state index is 0.0435. The Morgan fingerprint density at radius 2 is 1.97 bits per heavy atom. The molecule has 14 heteroatoms. The van der Waals surface area contributed by atoms with Crippen LogP contribution < -0.4 is 4.89 Å². The van der Waals surface area contributed by atoms with E-state index in [-0.39, 0.29) is 38.4 Å². The van der Waals surface area contributed by atoms with Gasteiger partial charge in [0, 0.05) is 16.9 Å². The van der Waals surface area contributed by atoms with Gasteiger partial charge in [-0.1, -0.05) is 5.11 Å². The highest BCUT2D eigenvalue weighted by molar-refractivity contribution is 7.45. The van der Waals surface area contributed by atoms with Crippen LogP contribution in [0.25, 0.3) is 10.4 Å². The smallest absolute Gasteiger partial charge is 0.268 e. The van der Waals surface area contributed by atoms with Crippen molar-refractivity contribution >= 4 is 23.5 Å². The summed E-state index contributed by atoms with van der Waals surface area (Å²) in [6, 6.07) is -1.40. The Labute approximate surface area is 185 Å². The molecule has 0 amide bonds. The van der Waals surface area contributed by atoms with Gasteiger partial charge in [-0.05, 0) is 46.1 Å². The zero-order chi connectivity index (χ0) is 23.2. The van der Waals surface area contributed by atoms with Gasteiger partial charge in [-0.25, -0.2) is 0 Å². The van der Waals surface area contributed by atoms with Crippen molar-refractivity contribution in [2.24, 2.45) is 5.11 Å². The van der Waals surface area contributed by atoms with E-state index in [0.29, 0.717) is 6.42 Å². The lowest BCUT2D eigenvalue weighted by Crippen LogP contribution is -2.49. The van der Waals surface area contributed by atoms with Crippen molar-refractivity contribution in [2.45, 2.75) is 88.7 Å². The predicted octanol–water partition coefficient (Wildman–Crippen LogP) is 1.32. The summed E-state index contributed by atoms with van der Waals surface area (Å²) < 4.78 is 45.5. The van der Waals surface area contributed by atoms with E-state index in [4.69, 9.17) is 49.2 Å². The molecule has 2 saturated heterocycles. The normalized spacial score (nSPS) is 35.4. The Morgan fingerprint density at radius 1 is 1.26 bits per heavy atom. The third-order valence-corrected chi connectivity index (χ3v) is 5.79. The van der Waals surface area contributed by atoms with Crippen LogP contribution in [0.1, 0.15) is 40.5 Å². The van der Waals surface area contributed by atoms with E-state index in [1.165, 1.54) is 0 Å². The molecule has 2 rings (SSSR count). The van der Waals surface area contributed by atoms with Crippen LogP contribution in [0.2, 0.25) is 0 Å². The molecule has 172 valence electrons. The Bertz CT molecular complexity index is 684. The molecule has 2 aliphatic rings. The lowest BCUT2D eigenvalue weighted by molar-refractivity contribution is -0.238. The topological polar surface area (TPSA) is 144 Å². The van der Waals surface area contributed by atoms with Crippen LogP contribution in [0.3, 0.4) is 0 Å². The fourth-order valence-electron chi connectivity index (χ4n) is 3.50. The average molecular weight is 456 g/mol. The summed E-state index contributed by atoms with van der Waals surface area (Å²) in [5, 5.41) is 3.53. The van der Waals surface area contributed by atoms with Gasteiger partial charge in [0.05, 0.1) is 44.2 Å². The summed E-state index contributed by atoms with van der Waals surface area (Å²) in [5.74, 6) is 0. The molecule has 0 aromatic rings. The van der Waals surface area contributed by atoms with E-state index >= 15 is 0 Å². The number of azide groups is 1. The van der Waals surface area contributed by atoms with Crippen molar-refractivity contribution in [1.29, 1.82) is 0 Å². The summed E-state index contributed by atoms with van der Waals surface area (Å²) in [4.78, 5) is 15.3. The number of rotatable bonds is 12. The number of hydrogen-bond donors (Lipinski definition) is 0. The van der Waals surface area contributed by atoms with Gasteiger partial charge >= 0.3 is 0 Å². The maximum Gasteiger partial charge on any atom is 0.268 e. The van der Waals surface area contributed by atoms with Gasteiger partial charge in [-0.15, -0.1) is 0 Å². The zero-order valence-electron chi connectivity index (χ0n) is 18.3. The van der Waals surface area contributed by atoms with Gasteiger partial charge in [0.2, 0.25) is 0 Å². The first-order valence-electron chi connectivity index (χ1n) is 10.2. The van der Waals surface area contributed by atoms with Gasteiger partial charge in [0.1, 0.15) is 27.4 Å². The number of nitrogens with zero attached hydrogens (tertiary/aromatic N) is 3. The maximum atomic E-state index is 12.6. The number of phosphoric acid groups is 1. The summed E-state index contributed by atoms with van der Waals surface area (Å²) in [6.45, 7) is 6.69. The first-order chi connectivity index (χ1) is 14.5. The summed E-state index contributed by atoms with van der Waals surface area (Å²) in [5.41, 5.74) is 7.36. The van der Waals surface area contributed by atoms with E-state index in [0.717, 1.165) is 0 Å². The Morgan fingerprint density at radius 3 is 2.58 bits per heavy atom. The van der Waals surface area contributed by atoms with E-state index < -0.39 is 43.7 Å². The molecule has 7 atom stereocenters. The van der Waals surface area contributed by atoms with Crippen LogP contribution in [-0.4, -0.2) is 83.6 Å². The Balaban J connectivity index is 2.06. The molecular formula is C17H29B2N3O8P-. The molecule has 0 spiro atoms. The van der Waals surface area contributed by atoms with Crippen LogP contribution in [0.15, 0.2) is 5.11 Å². The quantitative estimate of drug-likeness (QED) is 0.141. The van der Waals surface area contributed by atoms with Crippen LogP contribution >= 0.6 is 7.82 Å². The van der Waals surface area contributed by atoms with Crippen LogP contribution in [0, 0.1) is 0 Å².